The second-order valence-electron chi connectivity index (χ2n) is 5.25. The Labute approximate surface area is 128 Å². The molecule has 0 bridgehead atoms. The molecular formula is C15H19N3O4. The standard InChI is InChI=1S/C15H19N3O4/c1-10(8-14(21)18-6-2-3-7-18)16-17-15(22)12-5-4-11(19)9-13(12)20/h4-5,9,19-20H,2-3,6-8H2,1H3,(H,17,22)/b16-10-. The van der Waals surface area contributed by atoms with Crippen molar-refractivity contribution in [1.29, 1.82) is 0 Å². The molecule has 1 aromatic rings. The van der Waals surface area contributed by atoms with Gasteiger partial charge in [0.25, 0.3) is 5.91 Å². The van der Waals surface area contributed by atoms with Crippen molar-refractivity contribution in [2.45, 2.75) is 26.2 Å². The Balaban J connectivity index is 1.92. The molecule has 1 heterocycles. The number of rotatable bonds is 4. The Hall–Kier alpha value is -2.57. The number of aromatic hydroxyl groups is 2. The number of nitrogens with zero attached hydrogens (tertiary/aromatic N) is 2. The maximum Gasteiger partial charge on any atom is 0.275 e. The number of hydrazone groups is 1. The van der Waals surface area contributed by atoms with Crippen molar-refractivity contribution in [2.75, 3.05) is 13.1 Å². The van der Waals surface area contributed by atoms with Crippen LogP contribution < -0.4 is 5.43 Å². The molecule has 1 aliphatic heterocycles. The highest BCUT2D eigenvalue weighted by molar-refractivity contribution is 6.01. The number of carbonyl (C=O) groups is 2. The van der Waals surface area contributed by atoms with Crippen LogP contribution in [-0.2, 0) is 4.79 Å². The third-order valence-electron chi connectivity index (χ3n) is 3.44. The fourth-order valence-corrected chi connectivity index (χ4v) is 2.26. The summed E-state index contributed by atoms with van der Waals surface area (Å²) >= 11 is 0. The van der Waals surface area contributed by atoms with Crippen LogP contribution in [0.25, 0.3) is 0 Å². The number of amides is 2. The lowest BCUT2D eigenvalue weighted by atomic mass is 10.2. The summed E-state index contributed by atoms with van der Waals surface area (Å²) in [7, 11) is 0. The third-order valence-corrected chi connectivity index (χ3v) is 3.44. The lowest BCUT2D eigenvalue weighted by Gasteiger charge is -2.14. The molecule has 1 saturated heterocycles. The minimum atomic E-state index is -0.606. The second-order valence-corrected chi connectivity index (χ2v) is 5.25. The van der Waals surface area contributed by atoms with Crippen LogP contribution >= 0.6 is 0 Å². The van der Waals surface area contributed by atoms with Crippen LogP contribution in [-0.4, -0.2) is 45.7 Å². The van der Waals surface area contributed by atoms with Crippen LogP contribution in [0.2, 0.25) is 0 Å². The van der Waals surface area contributed by atoms with E-state index in [0.717, 1.165) is 32.0 Å². The van der Waals surface area contributed by atoms with Crippen LogP contribution in [0.3, 0.4) is 0 Å². The van der Waals surface area contributed by atoms with Crippen molar-refractivity contribution in [3.63, 3.8) is 0 Å². The van der Waals surface area contributed by atoms with Crippen molar-refractivity contribution >= 4 is 17.5 Å². The van der Waals surface area contributed by atoms with Gasteiger partial charge in [-0.15, -0.1) is 0 Å². The Morgan fingerprint density at radius 2 is 1.95 bits per heavy atom. The van der Waals surface area contributed by atoms with Crippen molar-refractivity contribution in [2.24, 2.45) is 5.10 Å². The summed E-state index contributed by atoms with van der Waals surface area (Å²) in [6.07, 6.45) is 2.21. The molecule has 1 aromatic carbocycles. The number of nitrogens with one attached hydrogen (secondary N) is 1. The van der Waals surface area contributed by atoms with E-state index in [2.05, 4.69) is 10.5 Å². The molecule has 7 nitrogen and oxygen atoms in total. The summed E-state index contributed by atoms with van der Waals surface area (Å²) in [5.74, 6) is -1.07. The Bertz CT molecular complexity index is 607. The van der Waals surface area contributed by atoms with Crippen LogP contribution in [0.5, 0.6) is 11.5 Å². The van der Waals surface area contributed by atoms with E-state index >= 15 is 0 Å². The molecule has 3 N–H and O–H groups in total. The van der Waals surface area contributed by atoms with Crippen molar-refractivity contribution in [1.82, 2.24) is 10.3 Å². The van der Waals surface area contributed by atoms with Gasteiger partial charge in [-0.2, -0.15) is 5.10 Å². The van der Waals surface area contributed by atoms with Gasteiger partial charge < -0.3 is 15.1 Å². The molecule has 1 aliphatic rings. The van der Waals surface area contributed by atoms with Crippen LogP contribution in [0, 0.1) is 0 Å². The van der Waals surface area contributed by atoms with Crippen LogP contribution in [0.15, 0.2) is 23.3 Å². The number of phenols is 2. The minimum Gasteiger partial charge on any atom is -0.508 e. The largest absolute Gasteiger partial charge is 0.508 e. The Morgan fingerprint density at radius 3 is 2.59 bits per heavy atom. The number of likely N-dealkylation sites (tertiary alicyclic amines) is 1. The van der Waals surface area contributed by atoms with Gasteiger partial charge in [-0.05, 0) is 31.9 Å². The van der Waals surface area contributed by atoms with E-state index in [4.69, 9.17) is 0 Å². The number of carbonyl (C=O) groups excluding carboxylic acids is 2. The van der Waals surface area contributed by atoms with Crippen molar-refractivity contribution in [3.8, 4) is 11.5 Å². The average Bonchev–Trinajstić information content (AvgIpc) is 2.99. The molecule has 0 unspecified atom stereocenters. The van der Waals surface area contributed by atoms with Gasteiger partial charge in [-0.1, -0.05) is 0 Å². The van der Waals surface area contributed by atoms with Gasteiger partial charge in [0.2, 0.25) is 5.91 Å². The quantitative estimate of drug-likeness (QED) is 0.575. The van der Waals surface area contributed by atoms with E-state index in [0.29, 0.717) is 5.71 Å². The summed E-state index contributed by atoms with van der Waals surface area (Å²) in [5, 5.41) is 22.6. The van der Waals surface area contributed by atoms with Crippen LogP contribution in [0.4, 0.5) is 0 Å². The summed E-state index contributed by atoms with van der Waals surface area (Å²) in [4.78, 5) is 25.6. The molecular weight excluding hydrogens is 286 g/mol. The summed E-state index contributed by atoms with van der Waals surface area (Å²) in [6, 6.07) is 3.66. The molecule has 0 radical (unpaired) electrons. The van der Waals surface area contributed by atoms with E-state index in [-0.39, 0.29) is 29.4 Å². The molecule has 2 amide bonds. The molecule has 0 spiro atoms. The third kappa shape index (κ3) is 3.97. The zero-order valence-corrected chi connectivity index (χ0v) is 12.4. The molecule has 2 rings (SSSR count). The number of hydrogen-bond acceptors (Lipinski definition) is 5. The maximum absolute atomic E-state index is 11.9. The number of hydrogen-bond donors (Lipinski definition) is 3. The summed E-state index contributed by atoms with van der Waals surface area (Å²) in [5.41, 5.74) is 2.78. The lowest BCUT2D eigenvalue weighted by molar-refractivity contribution is -0.128. The first-order chi connectivity index (χ1) is 10.5. The zero-order valence-electron chi connectivity index (χ0n) is 12.4. The number of benzene rings is 1. The van der Waals surface area contributed by atoms with Gasteiger partial charge in [0.1, 0.15) is 11.5 Å². The molecule has 22 heavy (non-hydrogen) atoms. The monoisotopic (exact) mass is 305 g/mol. The molecule has 118 valence electrons. The van der Waals surface area contributed by atoms with E-state index in [1.807, 2.05) is 0 Å². The lowest BCUT2D eigenvalue weighted by Crippen LogP contribution is -2.29. The van der Waals surface area contributed by atoms with Gasteiger partial charge in [-0.3, -0.25) is 9.59 Å². The highest BCUT2D eigenvalue weighted by atomic mass is 16.3. The first-order valence-electron chi connectivity index (χ1n) is 7.10. The predicted molar refractivity (Wildman–Crippen MR) is 80.8 cm³/mol. The van der Waals surface area contributed by atoms with Gasteiger partial charge in [-0.25, -0.2) is 5.43 Å². The van der Waals surface area contributed by atoms with E-state index < -0.39 is 5.91 Å². The highest BCUT2D eigenvalue weighted by Gasteiger charge is 2.18. The van der Waals surface area contributed by atoms with E-state index in [1.54, 1.807) is 11.8 Å². The molecule has 0 atom stereocenters. The predicted octanol–water partition coefficient (Wildman–Crippen LogP) is 1.22. The first-order valence-corrected chi connectivity index (χ1v) is 7.10. The van der Waals surface area contributed by atoms with Gasteiger partial charge in [0.05, 0.1) is 12.0 Å². The van der Waals surface area contributed by atoms with Gasteiger partial charge in [0.15, 0.2) is 0 Å². The molecule has 0 saturated carbocycles. The van der Waals surface area contributed by atoms with Gasteiger partial charge >= 0.3 is 0 Å². The van der Waals surface area contributed by atoms with E-state index in [9.17, 15) is 19.8 Å². The molecule has 1 fully saturated rings. The normalized spacial score (nSPS) is 15.0. The minimum absolute atomic E-state index is 0.000203. The fourth-order valence-electron chi connectivity index (χ4n) is 2.26. The van der Waals surface area contributed by atoms with E-state index in [1.165, 1.54) is 12.1 Å². The maximum atomic E-state index is 11.9. The highest BCUT2D eigenvalue weighted by Crippen LogP contribution is 2.22. The molecule has 0 aliphatic carbocycles. The first kappa shape index (κ1) is 15.8. The van der Waals surface area contributed by atoms with Crippen LogP contribution in [0.1, 0.15) is 36.5 Å². The molecule has 7 heteroatoms. The van der Waals surface area contributed by atoms with Crippen molar-refractivity contribution in [3.05, 3.63) is 23.8 Å². The SMILES string of the molecule is C/C(CC(=O)N1CCCC1)=N/NC(=O)c1ccc(O)cc1O. The van der Waals surface area contributed by atoms with Gasteiger partial charge in [0, 0.05) is 24.9 Å². The zero-order chi connectivity index (χ0) is 16.1. The smallest absolute Gasteiger partial charge is 0.275 e. The average molecular weight is 305 g/mol. The topological polar surface area (TPSA) is 102 Å². The Morgan fingerprint density at radius 1 is 1.27 bits per heavy atom. The number of phenolic OH excluding ortho intramolecular Hbond substituents is 2. The van der Waals surface area contributed by atoms with Crippen molar-refractivity contribution < 1.29 is 19.8 Å². The molecule has 0 aromatic heterocycles. The fraction of sp³-hybridized carbons (Fsp3) is 0.400. The Kier molecular flexibility index (Phi) is 4.98. The summed E-state index contributed by atoms with van der Waals surface area (Å²) < 4.78 is 0. The summed E-state index contributed by atoms with van der Waals surface area (Å²) in [6.45, 7) is 3.21. The second kappa shape index (κ2) is 6.93.